The molecule has 2 nitrogen and oxygen atoms in total. The first kappa shape index (κ1) is 10.4. The molecule has 2 aromatic carbocycles. The predicted molar refractivity (Wildman–Crippen MR) is 85.6 cm³/mol. The first-order valence-electron chi connectivity index (χ1n) is 6.59. The maximum Gasteiger partial charge on any atom is 0.126 e. The summed E-state index contributed by atoms with van der Waals surface area (Å²) in [4.78, 5) is 9.42. The van der Waals surface area contributed by atoms with Gasteiger partial charge in [-0.05, 0) is 18.2 Å². The molecule has 0 bridgehead atoms. The van der Waals surface area contributed by atoms with Gasteiger partial charge in [-0.25, -0.2) is 4.98 Å². The number of para-hydroxylation sites is 2. The number of aromatic nitrogens is 2. The summed E-state index contributed by atoms with van der Waals surface area (Å²) >= 11 is 1.74. The van der Waals surface area contributed by atoms with Gasteiger partial charge >= 0.3 is 0 Å². The van der Waals surface area contributed by atoms with Gasteiger partial charge in [-0.15, -0.1) is 0 Å². The highest BCUT2D eigenvalue weighted by Gasteiger charge is 2.15. The molecule has 20 heavy (non-hydrogen) atoms. The van der Waals surface area contributed by atoms with E-state index in [1.165, 1.54) is 32.1 Å². The molecule has 0 unspecified atom stereocenters. The largest absolute Gasteiger partial charge is 0.346 e. The summed E-state index contributed by atoms with van der Waals surface area (Å²) in [7, 11) is 0. The summed E-state index contributed by atoms with van der Waals surface area (Å²) < 4.78 is 0. The number of hydrogen-bond acceptors (Lipinski definition) is 2. The standard InChI is InChI=1S/C17H10N2S/c1-3-7-14-10(5-1)12-9-13-11-6-2-4-8-15(11)19-17(13)20-16(12)18-14/h1-9,18H. The number of rotatable bonds is 0. The molecule has 1 aromatic heterocycles. The van der Waals surface area contributed by atoms with Gasteiger partial charge in [0, 0.05) is 27.2 Å². The van der Waals surface area contributed by atoms with Crippen LogP contribution >= 0.6 is 11.3 Å². The van der Waals surface area contributed by atoms with Crippen molar-refractivity contribution in [2.24, 2.45) is 0 Å². The summed E-state index contributed by atoms with van der Waals surface area (Å²) in [5.41, 5.74) is 3.52. The van der Waals surface area contributed by atoms with E-state index in [-0.39, 0.29) is 0 Å². The molecular weight excluding hydrogens is 264 g/mol. The van der Waals surface area contributed by atoms with Gasteiger partial charge in [0.25, 0.3) is 0 Å². The predicted octanol–water partition coefficient (Wildman–Crippen LogP) is 5.04. The minimum absolute atomic E-state index is 1.08. The molecule has 0 radical (unpaired) electrons. The number of fused-ring (bicyclic) bond motifs is 6. The smallest absolute Gasteiger partial charge is 0.126 e. The highest BCUT2D eigenvalue weighted by Crippen LogP contribution is 2.40. The quantitative estimate of drug-likeness (QED) is 0.421. The minimum Gasteiger partial charge on any atom is -0.346 e. The number of nitrogens with zero attached hydrogens (tertiary/aromatic N) is 1. The zero-order valence-electron chi connectivity index (χ0n) is 10.6. The molecule has 1 N–H and O–H groups in total. The van der Waals surface area contributed by atoms with Gasteiger partial charge in [-0.1, -0.05) is 47.7 Å². The lowest BCUT2D eigenvalue weighted by atomic mass is 10.1. The number of benzene rings is 2. The molecule has 3 heterocycles. The topological polar surface area (TPSA) is 28.7 Å². The molecule has 0 atom stereocenters. The summed E-state index contributed by atoms with van der Waals surface area (Å²) in [6.07, 6.45) is 0. The van der Waals surface area contributed by atoms with Crippen LogP contribution in [0.15, 0.2) is 54.6 Å². The normalized spacial score (nSPS) is 12.0. The Morgan fingerprint density at radius 3 is 2.60 bits per heavy atom. The second-order valence-electron chi connectivity index (χ2n) is 5.01. The van der Waals surface area contributed by atoms with Crippen LogP contribution in [0.4, 0.5) is 0 Å². The minimum atomic E-state index is 1.08. The van der Waals surface area contributed by atoms with Crippen molar-refractivity contribution >= 4 is 43.4 Å². The molecule has 5 rings (SSSR count). The molecule has 2 aliphatic rings. The zero-order valence-corrected chi connectivity index (χ0v) is 11.4. The van der Waals surface area contributed by atoms with Gasteiger partial charge in [-0.2, -0.15) is 0 Å². The third kappa shape index (κ3) is 1.25. The van der Waals surface area contributed by atoms with E-state index in [0.29, 0.717) is 0 Å². The fourth-order valence-corrected chi connectivity index (χ4v) is 3.96. The van der Waals surface area contributed by atoms with Crippen molar-refractivity contribution < 1.29 is 0 Å². The Bertz CT molecular complexity index is 1050. The third-order valence-corrected chi connectivity index (χ3v) is 4.87. The molecule has 0 saturated heterocycles. The third-order valence-electron chi connectivity index (χ3n) is 3.84. The van der Waals surface area contributed by atoms with Crippen LogP contribution in [0.25, 0.3) is 42.6 Å². The zero-order chi connectivity index (χ0) is 13.1. The Morgan fingerprint density at radius 1 is 0.850 bits per heavy atom. The molecule has 0 fully saturated rings. The fraction of sp³-hybridized carbons (Fsp3) is 0. The van der Waals surface area contributed by atoms with Gasteiger partial charge in [0.15, 0.2) is 0 Å². The van der Waals surface area contributed by atoms with Crippen LogP contribution in [0.1, 0.15) is 0 Å². The molecule has 94 valence electrons. The van der Waals surface area contributed by atoms with Crippen LogP contribution in [0.5, 0.6) is 0 Å². The average Bonchev–Trinajstić information content (AvgIpc) is 3.02. The number of H-pyrrole nitrogens is 1. The van der Waals surface area contributed by atoms with Crippen molar-refractivity contribution in [3.8, 4) is 10.6 Å². The van der Waals surface area contributed by atoms with Crippen LogP contribution < -0.4 is 0 Å². The van der Waals surface area contributed by atoms with Crippen molar-refractivity contribution in [1.82, 2.24) is 9.97 Å². The van der Waals surface area contributed by atoms with E-state index in [9.17, 15) is 0 Å². The average molecular weight is 274 g/mol. The lowest BCUT2D eigenvalue weighted by Gasteiger charge is -1.97. The van der Waals surface area contributed by atoms with Crippen LogP contribution in [0.3, 0.4) is 0 Å². The molecule has 0 spiro atoms. The van der Waals surface area contributed by atoms with Crippen molar-refractivity contribution in [2.75, 3.05) is 0 Å². The monoisotopic (exact) mass is 274 g/mol. The van der Waals surface area contributed by atoms with Crippen molar-refractivity contribution in [1.29, 1.82) is 0 Å². The number of aromatic amines is 1. The van der Waals surface area contributed by atoms with Crippen LogP contribution in [0, 0.1) is 0 Å². The van der Waals surface area contributed by atoms with Gasteiger partial charge in [0.2, 0.25) is 0 Å². The molecule has 0 saturated carbocycles. The second-order valence-corrected chi connectivity index (χ2v) is 6.01. The van der Waals surface area contributed by atoms with Gasteiger partial charge in [0.1, 0.15) is 9.84 Å². The van der Waals surface area contributed by atoms with Gasteiger partial charge < -0.3 is 4.98 Å². The van der Waals surface area contributed by atoms with E-state index in [4.69, 9.17) is 4.98 Å². The van der Waals surface area contributed by atoms with Crippen molar-refractivity contribution in [3.05, 3.63) is 54.6 Å². The number of hydrogen-bond donors (Lipinski definition) is 1. The SMILES string of the molecule is c1ccc2c3cc4c([nH]c5ccccc54)sc-3nc2c1. The first-order valence-corrected chi connectivity index (χ1v) is 7.40. The maximum atomic E-state index is 4.73. The highest BCUT2D eigenvalue weighted by atomic mass is 32.1. The summed E-state index contributed by atoms with van der Waals surface area (Å²) in [6, 6.07) is 19.1. The molecule has 3 aromatic rings. The molecule has 0 aliphatic carbocycles. The lowest BCUT2D eigenvalue weighted by molar-refractivity contribution is 1.52. The Morgan fingerprint density at radius 2 is 1.65 bits per heavy atom. The Hall–Kier alpha value is -2.39. The van der Waals surface area contributed by atoms with Crippen LogP contribution in [-0.2, 0) is 0 Å². The Labute approximate surface area is 119 Å². The summed E-state index contributed by atoms with van der Waals surface area (Å²) in [5, 5.41) is 4.92. The summed E-state index contributed by atoms with van der Waals surface area (Å²) in [5.74, 6) is 0. The van der Waals surface area contributed by atoms with Crippen LogP contribution in [-0.4, -0.2) is 9.97 Å². The van der Waals surface area contributed by atoms with E-state index in [0.717, 1.165) is 10.5 Å². The van der Waals surface area contributed by atoms with Gasteiger partial charge in [0.05, 0.1) is 5.52 Å². The number of nitrogens with one attached hydrogen (secondary N) is 1. The Balaban J connectivity index is 2.04. The molecule has 0 amide bonds. The fourth-order valence-electron chi connectivity index (χ4n) is 2.90. The lowest BCUT2D eigenvalue weighted by Crippen LogP contribution is -1.73. The molecular formula is C17H10N2S. The maximum absolute atomic E-state index is 4.73. The Kier molecular flexibility index (Phi) is 1.86. The second kappa shape index (κ2) is 3.58. The van der Waals surface area contributed by atoms with E-state index in [2.05, 4.69) is 53.5 Å². The van der Waals surface area contributed by atoms with Crippen LogP contribution in [0.2, 0.25) is 0 Å². The highest BCUT2D eigenvalue weighted by molar-refractivity contribution is 7.21. The van der Waals surface area contributed by atoms with E-state index in [1.54, 1.807) is 11.3 Å². The van der Waals surface area contributed by atoms with E-state index >= 15 is 0 Å². The molecule has 3 heteroatoms. The van der Waals surface area contributed by atoms with E-state index in [1.807, 2.05) is 6.07 Å². The van der Waals surface area contributed by atoms with Gasteiger partial charge in [-0.3, -0.25) is 0 Å². The molecule has 2 aliphatic heterocycles. The van der Waals surface area contributed by atoms with Crippen molar-refractivity contribution in [2.45, 2.75) is 0 Å². The van der Waals surface area contributed by atoms with Crippen molar-refractivity contribution in [3.63, 3.8) is 0 Å². The first-order chi connectivity index (χ1) is 9.90. The van der Waals surface area contributed by atoms with E-state index < -0.39 is 0 Å². The summed E-state index contributed by atoms with van der Waals surface area (Å²) in [6.45, 7) is 0.